The van der Waals surface area contributed by atoms with Gasteiger partial charge in [-0.2, -0.15) is 14.7 Å². The van der Waals surface area contributed by atoms with Crippen molar-refractivity contribution in [1.82, 2.24) is 35.0 Å². The number of carbonyl (C=O) groups excluding carboxylic acids is 2. The highest BCUT2D eigenvalue weighted by Gasteiger charge is 2.39. The molecule has 0 saturated carbocycles. The minimum absolute atomic E-state index is 0.108. The van der Waals surface area contributed by atoms with E-state index in [0.717, 1.165) is 16.8 Å². The number of nitrogens with one attached hydrogen (secondary N) is 2. The van der Waals surface area contributed by atoms with E-state index in [1.807, 2.05) is 0 Å². The molecule has 4 heterocycles. The summed E-state index contributed by atoms with van der Waals surface area (Å²) in [5.74, 6) is 0.120. The number of hydrogen-bond acceptors (Lipinski definition) is 7. The summed E-state index contributed by atoms with van der Waals surface area (Å²) < 4.78 is 7.15. The van der Waals surface area contributed by atoms with Gasteiger partial charge in [-0.1, -0.05) is 0 Å². The normalized spacial score (nSPS) is 19.2. The maximum atomic E-state index is 12.9. The number of anilines is 1. The Kier molecular flexibility index (Phi) is 5.49. The van der Waals surface area contributed by atoms with Crippen LogP contribution in [0, 0.1) is 0 Å². The standard InChI is InChI=1S/C21H28N8O3/c1-21(2,3)32-20(31)28-11-12(5-6-16(28)19(30)23-4)15-7-17(22)29-18(27-15)14(10-26-29)13-8-24-25-9-13/h7-10,12,16H,5-6,11,22H2,1-4H3,(H,23,30)(H,24,25)/t12-,16-/m0/s1. The number of hydrogen-bond donors (Lipinski definition) is 3. The molecule has 0 aliphatic carbocycles. The number of aromatic nitrogens is 5. The molecule has 1 saturated heterocycles. The second-order valence-corrected chi connectivity index (χ2v) is 8.92. The molecule has 11 nitrogen and oxygen atoms in total. The topological polar surface area (TPSA) is 144 Å². The molecule has 2 amide bonds. The Balaban J connectivity index is 1.68. The van der Waals surface area contributed by atoms with Gasteiger partial charge in [0.05, 0.1) is 18.1 Å². The molecular formula is C21H28N8O3. The number of ether oxygens (including phenoxy) is 1. The smallest absolute Gasteiger partial charge is 0.410 e. The Labute approximate surface area is 185 Å². The molecule has 0 unspecified atom stereocenters. The number of carbonyl (C=O) groups is 2. The van der Waals surface area contributed by atoms with Crippen LogP contribution in [-0.2, 0) is 9.53 Å². The van der Waals surface area contributed by atoms with Gasteiger partial charge in [-0.15, -0.1) is 0 Å². The SMILES string of the molecule is CNC(=O)[C@@H]1CC[C@H](c2cc(N)n3ncc(-c4cn[nH]c4)c3n2)CN1C(=O)OC(C)(C)C. The van der Waals surface area contributed by atoms with Crippen LogP contribution in [0.1, 0.15) is 45.2 Å². The van der Waals surface area contributed by atoms with Crippen molar-refractivity contribution in [1.29, 1.82) is 0 Å². The molecule has 0 radical (unpaired) electrons. The first-order chi connectivity index (χ1) is 15.2. The lowest BCUT2D eigenvalue weighted by molar-refractivity contribution is -0.127. The monoisotopic (exact) mass is 440 g/mol. The summed E-state index contributed by atoms with van der Waals surface area (Å²) in [6, 6.07) is 1.18. The van der Waals surface area contributed by atoms with Gasteiger partial charge in [0.2, 0.25) is 5.91 Å². The van der Waals surface area contributed by atoms with E-state index >= 15 is 0 Å². The van der Waals surface area contributed by atoms with Crippen LogP contribution in [0.2, 0.25) is 0 Å². The van der Waals surface area contributed by atoms with Gasteiger partial charge in [-0.25, -0.2) is 9.78 Å². The van der Waals surface area contributed by atoms with Crippen molar-refractivity contribution in [3.05, 3.63) is 30.4 Å². The predicted molar refractivity (Wildman–Crippen MR) is 118 cm³/mol. The summed E-state index contributed by atoms with van der Waals surface area (Å²) in [7, 11) is 1.56. The fourth-order valence-electron chi connectivity index (χ4n) is 3.99. The van der Waals surface area contributed by atoms with E-state index in [1.54, 1.807) is 57.0 Å². The number of likely N-dealkylation sites (N-methyl/N-ethyl adjacent to an activating group) is 1. The van der Waals surface area contributed by atoms with Crippen molar-refractivity contribution in [2.45, 2.75) is 51.2 Å². The zero-order valence-corrected chi connectivity index (χ0v) is 18.6. The zero-order valence-electron chi connectivity index (χ0n) is 18.6. The van der Waals surface area contributed by atoms with Gasteiger partial charge in [-0.05, 0) is 33.6 Å². The molecule has 0 bridgehead atoms. The molecular weight excluding hydrogens is 412 g/mol. The molecule has 2 atom stereocenters. The first kappa shape index (κ1) is 21.6. The quantitative estimate of drug-likeness (QED) is 0.564. The van der Waals surface area contributed by atoms with Gasteiger partial charge in [0, 0.05) is 42.9 Å². The van der Waals surface area contributed by atoms with Gasteiger partial charge >= 0.3 is 6.09 Å². The van der Waals surface area contributed by atoms with Gasteiger partial charge in [0.25, 0.3) is 0 Å². The molecule has 11 heteroatoms. The van der Waals surface area contributed by atoms with Crippen LogP contribution < -0.4 is 11.1 Å². The van der Waals surface area contributed by atoms with Gasteiger partial charge in [-0.3, -0.25) is 14.8 Å². The Hall–Kier alpha value is -3.63. The number of rotatable bonds is 3. The summed E-state index contributed by atoms with van der Waals surface area (Å²) in [5, 5.41) is 13.8. The zero-order chi connectivity index (χ0) is 23.0. The fourth-order valence-corrected chi connectivity index (χ4v) is 3.99. The minimum atomic E-state index is -0.671. The molecule has 170 valence electrons. The lowest BCUT2D eigenvalue weighted by atomic mass is 9.90. The van der Waals surface area contributed by atoms with Gasteiger partial charge < -0.3 is 15.8 Å². The first-order valence-electron chi connectivity index (χ1n) is 10.5. The molecule has 3 aromatic heterocycles. The molecule has 1 aliphatic heterocycles. The van der Waals surface area contributed by atoms with Crippen molar-refractivity contribution >= 4 is 23.5 Å². The van der Waals surface area contributed by atoms with Crippen molar-refractivity contribution in [2.24, 2.45) is 0 Å². The number of piperidine rings is 1. The highest BCUT2D eigenvalue weighted by Crippen LogP contribution is 2.33. The number of nitrogens with zero attached hydrogens (tertiary/aromatic N) is 5. The Morgan fingerprint density at radius 1 is 1.28 bits per heavy atom. The summed E-state index contributed by atoms with van der Waals surface area (Å²) >= 11 is 0. The summed E-state index contributed by atoms with van der Waals surface area (Å²) in [6.45, 7) is 5.70. The van der Waals surface area contributed by atoms with E-state index in [4.69, 9.17) is 15.5 Å². The molecule has 1 aliphatic rings. The maximum absolute atomic E-state index is 12.9. The van der Waals surface area contributed by atoms with Crippen molar-refractivity contribution in [2.75, 3.05) is 19.3 Å². The Morgan fingerprint density at radius 2 is 2.06 bits per heavy atom. The van der Waals surface area contributed by atoms with Gasteiger partial charge in [0.15, 0.2) is 5.65 Å². The summed E-state index contributed by atoms with van der Waals surface area (Å²) in [4.78, 5) is 31.7. The number of amides is 2. The van der Waals surface area contributed by atoms with Crippen LogP contribution in [0.15, 0.2) is 24.7 Å². The summed E-state index contributed by atoms with van der Waals surface area (Å²) in [6.07, 6.45) is 5.80. The maximum Gasteiger partial charge on any atom is 0.410 e. The lowest BCUT2D eigenvalue weighted by Gasteiger charge is -2.39. The van der Waals surface area contributed by atoms with Crippen LogP contribution in [0.25, 0.3) is 16.8 Å². The van der Waals surface area contributed by atoms with E-state index in [9.17, 15) is 9.59 Å². The van der Waals surface area contributed by atoms with E-state index in [0.29, 0.717) is 30.9 Å². The largest absolute Gasteiger partial charge is 0.444 e. The fraction of sp³-hybridized carbons (Fsp3) is 0.476. The van der Waals surface area contributed by atoms with E-state index in [2.05, 4.69) is 20.6 Å². The molecule has 4 rings (SSSR count). The molecule has 32 heavy (non-hydrogen) atoms. The van der Waals surface area contributed by atoms with E-state index in [-0.39, 0.29) is 11.8 Å². The number of aromatic amines is 1. The molecule has 0 aromatic carbocycles. The van der Waals surface area contributed by atoms with E-state index in [1.165, 1.54) is 4.90 Å². The third kappa shape index (κ3) is 4.10. The molecule has 4 N–H and O–H groups in total. The predicted octanol–water partition coefficient (Wildman–Crippen LogP) is 1.93. The Bertz CT molecular complexity index is 1130. The number of fused-ring (bicyclic) bond motifs is 1. The minimum Gasteiger partial charge on any atom is -0.444 e. The first-order valence-corrected chi connectivity index (χ1v) is 10.5. The molecule has 3 aromatic rings. The Morgan fingerprint density at radius 3 is 2.72 bits per heavy atom. The number of nitrogen functional groups attached to an aromatic ring is 1. The lowest BCUT2D eigenvalue weighted by Crippen LogP contribution is -2.54. The number of nitrogens with two attached hydrogens (primary N) is 1. The van der Waals surface area contributed by atoms with Crippen LogP contribution in [0.4, 0.5) is 10.6 Å². The van der Waals surface area contributed by atoms with Crippen LogP contribution >= 0.6 is 0 Å². The number of H-pyrrole nitrogens is 1. The highest BCUT2D eigenvalue weighted by atomic mass is 16.6. The molecule has 0 spiro atoms. The number of likely N-dealkylation sites (tertiary alicyclic amines) is 1. The van der Waals surface area contributed by atoms with Crippen LogP contribution in [-0.4, -0.2) is 66.9 Å². The van der Waals surface area contributed by atoms with Crippen molar-refractivity contribution in [3.63, 3.8) is 0 Å². The van der Waals surface area contributed by atoms with Crippen molar-refractivity contribution in [3.8, 4) is 11.1 Å². The average Bonchev–Trinajstić information content (AvgIpc) is 3.41. The second kappa shape index (κ2) is 8.13. The van der Waals surface area contributed by atoms with Crippen LogP contribution in [0.5, 0.6) is 0 Å². The molecule has 1 fully saturated rings. The third-order valence-electron chi connectivity index (χ3n) is 5.51. The highest BCUT2D eigenvalue weighted by molar-refractivity contribution is 5.86. The average molecular weight is 441 g/mol. The third-order valence-corrected chi connectivity index (χ3v) is 5.51. The van der Waals surface area contributed by atoms with E-state index < -0.39 is 17.7 Å². The van der Waals surface area contributed by atoms with Crippen molar-refractivity contribution < 1.29 is 14.3 Å². The van der Waals surface area contributed by atoms with Gasteiger partial charge in [0.1, 0.15) is 17.5 Å². The second-order valence-electron chi connectivity index (χ2n) is 8.92. The van der Waals surface area contributed by atoms with Crippen LogP contribution in [0.3, 0.4) is 0 Å². The summed E-state index contributed by atoms with van der Waals surface area (Å²) in [5.41, 5.74) is 8.60.